The van der Waals surface area contributed by atoms with Gasteiger partial charge in [0.25, 0.3) is 0 Å². The minimum Gasteiger partial charge on any atom is -0.390 e. The van der Waals surface area contributed by atoms with Crippen molar-refractivity contribution in [3.63, 3.8) is 0 Å². The van der Waals surface area contributed by atoms with E-state index in [0.29, 0.717) is 0 Å². The molecule has 0 amide bonds. The van der Waals surface area contributed by atoms with Crippen molar-refractivity contribution < 1.29 is 31.5 Å². The van der Waals surface area contributed by atoms with Crippen molar-refractivity contribution in [3.05, 3.63) is 0 Å². The molecule has 0 aromatic rings. The average molecular weight is 249 g/mol. The van der Waals surface area contributed by atoms with Crippen LogP contribution in [-0.4, -0.2) is 50.0 Å². The van der Waals surface area contributed by atoms with Gasteiger partial charge in [-0.1, -0.05) is 0 Å². The minimum absolute atomic E-state index is 0.425. The van der Waals surface area contributed by atoms with E-state index in [0.717, 1.165) is 0 Å². The molecular formula is C6H10F3NO4S. The fourth-order valence-electron chi connectivity index (χ4n) is 1.17. The van der Waals surface area contributed by atoms with Crippen LogP contribution < -0.4 is 5.48 Å². The van der Waals surface area contributed by atoms with Gasteiger partial charge in [-0.25, -0.2) is 8.42 Å². The Balaban J connectivity index is 2.35. The highest BCUT2D eigenvalue weighted by Gasteiger charge is 2.37. The van der Waals surface area contributed by atoms with Crippen LogP contribution in [0.3, 0.4) is 0 Å². The Morgan fingerprint density at radius 2 is 2.00 bits per heavy atom. The van der Waals surface area contributed by atoms with Crippen molar-refractivity contribution >= 4 is 9.84 Å². The van der Waals surface area contributed by atoms with Crippen LogP contribution in [0.1, 0.15) is 0 Å². The molecule has 0 radical (unpaired) electrons. The summed E-state index contributed by atoms with van der Waals surface area (Å²) in [5, 5.41) is 9.15. The van der Waals surface area contributed by atoms with Gasteiger partial charge in [-0.3, -0.25) is 4.84 Å². The molecule has 0 bridgehead atoms. The third-order valence-electron chi connectivity index (χ3n) is 1.79. The monoisotopic (exact) mass is 249 g/mol. The fourth-order valence-corrected chi connectivity index (χ4v) is 2.90. The molecule has 1 rings (SSSR count). The molecule has 5 nitrogen and oxygen atoms in total. The number of halogens is 3. The fraction of sp³-hybridized carbons (Fsp3) is 1.00. The molecule has 90 valence electrons. The van der Waals surface area contributed by atoms with Gasteiger partial charge in [0.2, 0.25) is 0 Å². The van der Waals surface area contributed by atoms with Crippen LogP contribution in [0.2, 0.25) is 0 Å². The lowest BCUT2D eigenvalue weighted by Crippen LogP contribution is -2.40. The van der Waals surface area contributed by atoms with Gasteiger partial charge in [-0.05, 0) is 0 Å². The second-order valence-corrected chi connectivity index (χ2v) is 5.43. The Hall–Kier alpha value is -0.380. The second kappa shape index (κ2) is 4.24. The first kappa shape index (κ1) is 12.7. The SMILES string of the molecule is O=S1(=O)CC(O)C(NOCC(F)(F)F)C1. The molecule has 15 heavy (non-hydrogen) atoms. The number of hydrogen-bond acceptors (Lipinski definition) is 5. The first-order valence-electron chi connectivity index (χ1n) is 4.02. The number of alkyl halides is 3. The van der Waals surface area contributed by atoms with E-state index in [1.165, 1.54) is 0 Å². The summed E-state index contributed by atoms with van der Waals surface area (Å²) in [5.41, 5.74) is 1.89. The molecular weight excluding hydrogens is 239 g/mol. The van der Waals surface area contributed by atoms with E-state index in [1.807, 2.05) is 5.48 Å². The molecule has 1 saturated heterocycles. The third-order valence-corrected chi connectivity index (χ3v) is 3.51. The molecule has 0 saturated carbocycles. The van der Waals surface area contributed by atoms with Crippen LogP contribution >= 0.6 is 0 Å². The van der Waals surface area contributed by atoms with Gasteiger partial charge in [0.15, 0.2) is 16.4 Å². The zero-order valence-corrected chi connectivity index (χ0v) is 8.31. The number of sulfone groups is 1. The van der Waals surface area contributed by atoms with Gasteiger partial charge in [0.1, 0.15) is 0 Å². The number of aliphatic hydroxyl groups is 1. The first-order valence-corrected chi connectivity index (χ1v) is 5.84. The Kier molecular flexibility index (Phi) is 3.59. The second-order valence-electron chi connectivity index (χ2n) is 3.27. The van der Waals surface area contributed by atoms with Crippen molar-refractivity contribution in [2.75, 3.05) is 18.1 Å². The van der Waals surface area contributed by atoms with Crippen LogP contribution in [0.15, 0.2) is 0 Å². The third kappa shape index (κ3) is 4.33. The highest BCUT2D eigenvalue weighted by molar-refractivity contribution is 7.91. The predicted molar refractivity (Wildman–Crippen MR) is 43.6 cm³/mol. The quantitative estimate of drug-likeness (QED) is 0.642. The van der Waals surface area contributed by atoms with E-state index >= 15 is 0 Å². The maximum atomic E-state index is 11.6. The van der Waals surface area contributed by atoms with E-state index in [4.69, 9.17) is 5.11 Å². The summed E-state index contributed by atoms with van der Waals surface area (Å²) < 4.78 is 56.8. The number of hydroxylamine groups is 1. The highest BCUT2D eigenvalue weighted by atomic mass is 32.2. The Labute approximate surface area is 84.1 Å². The number of hydrogen-bond donors (Lipinski definition) is 2. The van der Waals surface area contributed by atoms with E-state index in [2.05, 4.69) is 4.84 Å². The molecule has 1 fully saturated rings. The van der Waals surface area contributed by atoms with Gasteiger partial charge in [-0.15, -0.1) is 0 Å². The van der Waals surface area contributed by atoms with Gasteiger partial charge in [-0.2, -0.15) is 18.7 Å². The lowest BCUT2D eigenvalue weighted by atomic mass is 10.2. The summed E-state index contributed by atoms with van der Waals surface area (Å²) in [4.78, 5) is 4.05. The van der Waals surface area contributed by atoms with Crippen LogP contribution in [-0.2, 0) is 14.7 Å². The lowest BCUT2D eigenvalue weighted by Gasteiger charge is -2.15. The van der Waals surface area contributed by atoms with Crippen molar-refractivity contribution in [3.8, 4) is 0 Å². The number of nitrogens with one attached hydrogen (secondary N) is 1. The molecule has 0 aromatic heterocycles. The van der Waals surface area contributed by atoms with Crippen LogP contribution in [0.4, 0.5) is 13.2 Å². The normalized spacial score (nSPS) is 30.7. The van der Waals surface area contributed by atoms with E-state index in [-0.39, 0.29) is 0 Å². The summed E-state index contributed by atoms with van der Waals surface area (Å²) in [6.45, 7) is -1.53. The summed E-state index contributed by atoms with van der Waals surface area (Å²) in [7, 11) is -3.38. The summed E-state index contributed by atoms with van der Waals surface area (Å²) >= 11 is 0. The number of rotatable bonds is 3. The van der Waals surface area contributed by atoms with E-state index < -0.39 is 46.3 Å². The van der Waals surface area contributed by atoms with Gasteiger partial charge in [0.05, 0.1) is 23.7 Å². The summed E-state index contributed by atoms with van der Waals surface area (Å²) in [6, 6.07) is -1.00. The van der Waals surface area contributed by atoms with Crippen molar-refractivity contribution in [1.82, 2.24) is 5.48 Å². The zero-order chi connectivity index (χ0) is 11.7. The topological polar surface area (TPSA) is 75.6 Å². The van der Waals surface area contributed by atoms with Crippen LogP contribution in [0, 0.1) is 0 Å². The van der Waals surface area contributed by atoms with Crippen molar-refractivity contribution in [2.24, 2.45) is 0 Å². The standard InChI is InChI=1S/C6H10F3NO4S/c7-6(8,9)3-14-10-4-1-15(12,13)2-5(4)11/h4-5,10-11H,1-3H2. The van der Waals surface area contributed by atoms with Crippen molar-refractivity contribution in [2.45, 2.75) is 18.3 Å². The smallest absolute Gasteiger partial charge is 0.390 e. The largest absolute Gasteiger partial charge is 0.413 e. The van der Waals surface area contributed by atoms with Crippen LogP contribution in [0.5, 0.6) is 0 Å². The average Bonchev–Trinajstić information content (AvgIpc) is 2.22. The molecule has 9 heteroatoms. The minimum atomic E-state index is -4.49. The van der Waals surface area contributed by atoms with Gasteiger partial charge >= 0.3 is 6.18 Å². The molecule has 1 aliphatic rings. The van der Waals surface area contributed by atoms with Crippen molar-refractivity contribution in [1.29, 1.82) is 0 Å². The molecule has 0 aliphatic carbocycles. The molecule has 0 aromatic carbocycles. The molecule has 0 spiro atoms. The highest BCUT2D eigenvalue weighted by Crippen LogP contribution is 2.15. The summed E-state index contributed by atoms with van der Waals surface area (Å²) in [5.74, 6) is -0.883. The zero-order valence-electron chi connectivity index (χ0n) is 7.49. The van der Waals surface area contributed by atoms with Crippen LogP contribution in [0.25, 0.3) is 0 Å². The van der Waals surface area contributed by atoms with Gasteiger partial charge < -0.3 is 5.11 Å². The van der Waals surface area contributed by atoms with E-state index in [9.17, 15) is 21.6 Å². The number of aliphatic hydroxyl groups excluding tert-OH is 1. The lowest BCUT2D eigenvalue weighted by molar-refractivity contribution is -0.194. The van der Waals surface area contributed by atoms with E-state index in [1.54, 1.807) is 0 Å². The molecule has 2 atom stereocenters. The van der Waals surface area contributed by atoms with Gasteiger partial charge in [0, 0.05) is 0 Å². The Bertz CT molecular complexity index is 315. The molecule has 1 aliphatic heterocycles. The predicted octanol–water partition coefficient (Wildman–Crippen LogP) is -0.772. The first-order chi connectivity index (χ1) is 6.70. The molecule has 2 unspecified atom stereocenters. The maximum Gasteiger partial charge on any atom is 0.413 e. The Morgan fingerprint density at radius 3 is 2.40 bits per heavy atom. The Morgan fingerprint density at radius 1 is 1.40 bits per heavy atom. The summed E-state index contributed by atoms with van der Waals surface area (Å²) in [6.07, 6.45) is -5.72. The molecule has 2 N–H and O–H groups in total. The molecule has 1 heterocycles. The maximum absolute atomic E-state index is 11.6.